The van der Waals surface area contributed by atoms with Gasteiger partial charge in [-0.1, -0.05) is 64.7 Å². The van der Waals surface area contributed by atoms with Crippen LogP contribution in [0, 0.1) is 0 Å². The second-order valence-corrected chi connectivity index (χ2v) is 11.8. The molecule has 9 heteroatoms. The Bertz CT molecular complexity index is 1310. The fourth-order valence-electron chi connectivity index (χ4n) is 5.09. The first-order valence-corrected chi connectivity index (χ1v) is 15.3. The van der Waals surface area contributed by atoms with Gasteiger partial charge in [0.25, 0.3) is 0 Å². The number of rotatable bonds is 13. The Labute approximate surface area is 220 Å². The van der Waals surface area contributed by atoms with Crippen molar-refractivity contribution in [1.82, 2.24) is 14.3 Å². The maximum absolute atomic E-state index is 12.8. The van der Waals surface area contributed by atoms with Crippen LogP contribution in [0.2, 0.25) is 0 Å². The van der Waals surface area contributed by atoms with Crippen LogP contribution in [0.3, 0.4) is 0 Å². The number of hydrogen-bond donors (Lipinski definition) is 3. The summed E-state index contributed by atoms with van der Waals surface area (Å²) in [5, 5.41) is 20.9. The maximum atomic E-state index is 12.8. The van der Waals surface area contributed by atoms with Crippen molar-refractivity contribution in [2.75, 3.05) is 17.8 Å². The summed E-state index contributed by atoms with van der Waals surface area (Å²) in [6.07, 6.45) is 14.1. The average molecular weight is 529 g/mol. The molecule has 3 N–H and O–H groups in total. The molecule has 3 aromatic rings. The normalized spacial score (nSPS) is 14.9. The number of phenols is 2. The van der Waals surface area contributed by atoms with E-state index in [1.54, 1.807) is 18.2 Å². The van der Waals surface area contributed by atoms with Gasteiger partial charge in [0.05, 0.1) is 27.8 Å². The summed E-state index contributed by atoms with van der Waals surface area (Å²) in [4.78, 5) is 9.40. The van der Waals surface area contributed by atoms with Crippen molar-refractivity contribution in [3.63, 3.8) is 0 Å². The van der Waals surface area contributed by atoms with Crippen LogP contribution in [0.5, 0.6) is 11.5 Å². The predicted octanol–water partition coefficient (Wildman–Crippen LogP) is 6.41. The third-order valence-electron chi connectivity index (χ3n) is 7.21. The molecular weight excluding hydrogens is 488 g/mol. The summed E-state index contributed by atoms with van der Waals surface area (Å²) in [6.45, 7) is 3.28. The van der Waals surface area contributed by atoms with E-state index in [1.165, 1.54) is 48.9 Å². The molecule has 202 valence electrons. The van der Waals surface area contributed by atoms with Gasteiger partial charge in [0.15, 0.2) is 11.5 Å². The molecule has 0 amide bonds. The first-order valence-electron chi connectivity index (χ1n) is 13.8. The number of unbranched alkanes of at least 4 members (excludes halogenated alkanes) is 8. The standard InChI is InChI=1S/C28H40N4O4S/c1-2-3-4-5-6-7-8-9-11-14-22-27-25(20-26(33)28(22)34)29-23-16-15-21(19-24(23)30-27)31-37(35,36)32-17-12-10-13-18-32/h15-16,19-20,31,33-34H,2-14,17-18H2,1H3. The summed E-state index contributed by atoms with van der Waals surface area (Å²) < 4.78 is 29.8. The molecule has 8 nitrogen and oxygen atoms in total. The van der Waals surface area contributed by atoms with E-state index in [9.17, 15) is 18.6 Å². The van der Waals surface area contributed by atoms with E-state index in [4.69, 9.17) is 4.98 Å². The molecule has 2 heterocycles. The Morgan fingerprint density at radius 2 is 1.51 bits per heavy atom. The van der Waals surface area contributed by atoms with Gasteiger partial charge in [0, 0.05) is 24.7 Å². The number of nitrogens with zero attached hydrogens (tertiary/aromatic N) is 3. The minimum atomic E-state index is -3.63. The Morgan fingerprint density at radius 1 is 0.838 bits per heavy atom. The number of anilines is 1. The highest BCUT2D eigenvalue weighted by Gasteiger charge is 2.24. The Kier molecular flexibility index (Phi) is 9.43. The number of aromatic nitrogens is 2. The second kappa shape index (κ2) is 12.7. The van der Waals surface area contributed by atoms with Crippen molar-refractivity contribution in [2.24, 2.45) is 0 Å². The number of aromatic hydroxyl groups is 2. The molecule has 1 aromatic heterocycles. The van der Waals surface area contributed by atoms with E-state index < -0.39 is 10.2 Å². The lowest BCUT2D eigenvalue weighted by Crippen LogP contribution is -2.39. The summed E-state index contributed by atoms with van der Waals surface area (Å²) in [7, 11) is -3.63. The van der Waals surface area contributed by atoms with E-state index in [2.05, 4.69) is 16.6 Å². The van der Waals surface area contributed by atoms with E-state index in [-0.39, 0.29) is 11.5 Å². The SMILES string of the molecule is CCCCCCCCCCCc1c(O)c(O)cc2nc3ccc(NS(=O)(=O)N4CCCCC4)cc3nc12. The van der Waals surface area contributed by atoms with Crippen molar-refractivity contribution in [3.05, 3.63) is 29.8 Å². The molecular formula is C28H40N4O4S. The second-order valence-electron chi connectivity index (χ2n) is 10.2. The van der Waals surface area contributed by atoms with E-state index in [0.717, 1.165) is 38.5 Å². The minimum absolute atomic E-state index is 0.150. The van der Waals surface area contributed by atoms with Gasteiger partial charge < -0.3 is 10.2 Å². The first kappa shape index (κ1) is 27.4. The van der Waals surface area contributed by atoms with Gasteiger partial charge in [-0.2, -0.15) is 12.7 Å². The van der Waals surface area contributed by atoms with Gasteiger partial charge in [-0.05, 0) is 43.9 Å². The molecule has 2 aromatic carbocycles. The zero-order valence-corrected chi connectivity index (χ0v) is 22.7. The van der Waals surface area contributed by atoms with Crippen LogP contribution >= 0.6 is 0 Å². The third kappa shape index (κ3) is 7.02. The fourth-order valence-corrected chi connectivity index (χ4v) is 6.38. The molecule has 1 aliphatic rings. The minimum Gasteiger partial charge on any atom is -0.504 e. The van der Waals surface area contributed by atoms with Gasteiger partial charge in [-0.15, -0.1) is 0 Å². The van der Waals surface area contributed by atoms with Crippen molar-refractivity contribution >= 4 is 38.0 Å². The Hall–Kier alpha value is -2.65. The van der Waals surface area contributed by atoms with Crippen molar-refractivity contribution in [2.45, 2.75) is 90.4 Å². The van der Waals surface area contributed by atoms with Gasteiger partial charge >= 0.3 is 10.2 Å². The molecule has 1 aliphatic heterocycles. The first-order chi connectivity index (χ1) is 17.9. The van der Waals surface area contributed by atoms with Crippen LogP contribution in [0.1, 0.15) is 89.5 Å². The van der Waals surface area contributed by atoms with Crippen LogP contribution in [-0.2, 0) is 16.6 Å². The topological polar surface area (TPSA) is 116 Å². The van der Waals surface area contributed by atoms with Crippen molar-refractivity contribution < 1.29 is 18.6 Å². The Morgan fingerprint density at radius 3 is 2.22 bits per heavy atom. The predicted molar refractivity (Wildman–Crippen MR) is 149 cm³/mol. The lowest BCUT2D eigenvalue weighted by Gasteiger charge is -2.26. The molecule has 0 spiro atoms. The molecule has 0 aliphatic carbocycles. The average Bonchev–Trinajstić information content (AvgIpc) is 2.89. The van der Waals surface area contributed by atoms with Crippen LogP contribution in [0.4, 0.5) is 5.69 Å². The lowest BCUT2D eigenvalue weighted by molar-refractivity contribution is 0.349. The van der Waals surface area contributed by atoms with Crippen LogP contribution in [0.15, 0.2) is 24.3 Å². The highest BCUT2D eigenvalue weighted by Crippen LogP contribution is 2.36. The van der Waals surface area contributed by atoms with Gasteiger partial charge in [-0.3, -0.25) is 4.72 Å². The molecule has 0 unspecified atom stereocenters. The highest BCUT2D eigenvalue weighted by molar-refractivity contribution is 7.90. The lowest BCUT2D eigenvalue weighted by atomic mass is 10.0. The van der Waals surface area contributed by atoms with E-state index in [0.29, 0.717) is 52.8 Å². The molecule has 0 atom stereocenters. The summed E-state index contributed by atoms with van der Waals surface area (Å²) in [5.74, 6) is -0.347. The zero-order valence-electron chi connectivity index (χ0n) is 21.9. The molecule has 4 rings (SSSR count). The number of phenolic OH excluding ortho intramolecular Hbond substituents is 2. The van der Waals surface area contributed by atoms with Crippen LogP contribution < -0.4 is 4.72 Å². The number of aryl methyl sites for hydroxylation is 1. The third-order valence-corrected chi connectivity index (χ3v) is 8.75. The van der Waals surface area contributed by atoms with E-state index >= 15 is 0 Å². The Balaban J connectivity index is 1.49. The highest BCUT2D eigenvalue weighted by atomic mass is 32.2. The number of fused-ring (bicyclic) bond motifs is 2. The number of hydrogen-bond acceptors (Lipinski definition) is 6. The monoisotopic (exact) mass is 528 g/mol. The fraction of sp³-hybridized carbons (Fsp3) is 0.571. The summed E-state index contributed by atoms with van der Waals surface area (Å²) in [6, 6.07) is 6.51. The summed E-state index contributed by atoms with van der Waals surface area (Å²) in [5.41, 5.74) is 3.19. The van der Waals surface area contributed by atoms with Crippen molar-refractivity contribution in [1.29, 1.82) is 0 Å². The molecule has 0 radical (unpaired) electrons. The van der Waals surface area contributed by atoms with Crippen LogP contribution in [0.25, 0.3) is 22.1 Å². The van der Waals surface area contributed by atoms with Gasteiger partial charge in [0.2, 0.25) is 0 Å². The molecule has 1 fully saturated rings. The molecule has 1 saturated heterocycles. The maximum Gasteiger partial charge on any atom is 0.301 e. The molecule has 37 heavy (non-hydrogen) atoms. The summed E-state index contributed by atoms with van der Waals surface area (Å²) >= 11 is 0. The zero-order chi connectivity index (χ0) is 26.3. The van der Waals surface area contributed by atoms with Gasteiger partial charge in [0.1, 0.15) is 0 Å². The quantitative estimate of drug-likeness (QED) is 0.134. The molecule has 0 saturated carbocycles. The largest absolute Gasteiger partial charge is 0.504 e. The van der Waals surface area contributed by atoms with Crippen molar-refractivity contribution in [3.8, 4) is 11.5 Å². The van der Waals surface area contributed by atoms with Gasteiger partial charge in [-0.25, -0.2) is 9.97 Å². The number of piperidine rings is 1. The number of benzene rings is 2. The van der Waals surface area contributed by atoms with E-state index in [1.807, 2.05) is 0 Å². The molecule has 0 bridgehead atoms. The number of nitrogens with one attached hydrogen (secondary N) is 1. The smallest absolute Gasteiger partial charge is 0.301 e. The van der Waals surface area contributed by atoms with Crippen LogP contribution in [-0.4, -0.2) is 46.0 Å².